The summed E-state index contributed by atoms with van der Waals surface area (Å²) in [4.78, 5) is 0. The molecule has 1 nitrogen and oxygen atoms in total. The first-order valence-electron chi connectivity index (χ1n) is 5.44. The zero-order valence-electron chi connectivity index (χ0n) is 9.77. The van der Waals surface area contributed by atoms with Gasteiger partial charge in [-0.3, -0.25) is 0 Å². The van der Waals surface area contributed by atoms with Gasteiger partial charge in [0.25, 0.3) is 0 Å². The van der Waals surface area contributed by atoms with Gasteiger partial charge in [0.15, 0.2) is 0 Å². The molecular weight excluding hydrogens is 184 g/mol. The number of aliphatic hydroxyl groups is 1. The van der Waals surface area contributed by atoms with Gasteiger partial charge in [-0.1, -0.05) is 57.2 Å². The quantitative estimate of drug-likeness (QED) is 0.710. The zero-order chi connectivity index (χ0) is 11.5. The Morgan fingerprint density at radius 3 is 2.07 bits per heavy atom. The van der Waals surface area contributed by atoms with Crippen molar-refractivity contribution in [3.8, 4) is 0 Å². The van der Waals surface area contributed by atoms with E-state index in [2.05, 4.69) is 19.1 Å². The minimum absolute atomic E-state index is 1.02. The summed E-state index contributed by atoms with van der Waals surface area (Å²) in [6.07, 6.45) is 7.95. The van der Waals surface area contributed by atoms with Crippen molar-refractivity contribution < 1.29 is 5.11 Å². The highest BCUT2D eigenvalue weighted by atomic mass is 16.2. The maximum Gasteiger partial charge on any atom is 0.0797 e. The molecule has 0 amide bonds. The summed E-state index contributed by atoms with van der Waals surface area (Å²) in [5.74, 6) is 0. The van der Waals surface area contributed by atoms with Crippen LogP contribution < -0.4 is 0 Å². The van der Waals surface area contributed by atoms with Crippen LogP contribution in [0.2, 0.25) is 0 Å². The monoisotopic (exact) mass is 204 g/mol. The lowest BCUT2D eigenvalue weighted by Crippen LogP contribution is -1.78. The van der Waals surface area contributed by atoms with Crippen molar-refractivity contribution in [3.05, 3.63) is 47.7 Å². The van der Waals surface area contributed by atoms with Crippen molar-refractivity contribution in [1.29, 1.82) is 0 Å². The maximum absolute atomic E-state index is 8.66. The third kappa shape index (κ3) is 5.06. The molecule has 0 saturated carbocycles. The van der Waals surface area contributed by atoms with E-state index in [1.807, 2.05) is 38.1 Å². The topological polar surface area (TPSA) is 20.2 Å². The molecule has 1 aromatic rings. The molecule has 0 heterocycles. The molecule has 0 spiro atoms. The third-order valence-electron chi connectivity index (χ3n) is 1.78. The fraction of sp³-hybridized carbons (Fsp3) is 0.286. The summed E-state index contributed by atoms with van der Waals surface area (Å²) < 4.78 is 0. The van der Waals surface area contributed by atoms with Crippen molar-refractivity contribution >= 4 is 12.2 Å². The molecule has 0 aliphatic rings. The second-order valence-corrected chi connectivity index (χ2v) is 2.76. The zero-order valence-corrected chi connectivity index (χ0v) is 9.77. The van der Waals surface area contributed by atoms with Gasteiger partial charge >= 0.3 is 0 Å². The van der Waals surface area contributed by atoms with Crippen LogP contribution in [0.25, 0.3) is 12.2 Å². The third-order valence-corrected chi connectivity index (χ3v) is 1.78. The summed E-state index contributed by atoms with van der Waals surface area (Å²) in [5.41, 5.74) is 2.17. The Morgan fingerprint density at radius 2 is 1.60 bits per heavy atom. The van der Waals surface area contributed by atoms with Gasteiger partial charge in [-0.15, -0.1) is 0 Å². The smallest absolute Gasteiger partial charge is 0.0797 e. The van der Waals surface area contributed by atoms with Crippen LogP contribution in [0, 0.1) is 0 Å². The lowest BCUT2D eigenvalue weighted by molar-refractivity contribution is 0.478. The number of aliphatic hydroxyl groups excluding tert-OH is 1. The molecule has 1 rings (SSSR count). The highest BCUT2D eigenvalue weighted by Crippen LogP contribution is 2.12. The second kappa shape index (κ2) is 9.07. The summed E-state index contributed by atoms with van der Waals surface area (Å²) in [6, 6.07) is 7.95. The molecule has 0 radical (unpaired) electrons. The molecular formula is C14H20O. The fourth-order valence-electron chi connectivity index (χ4n) is 1.14. The van der Waals surface area contributed by atoms with Crippen LogP contribution in [-0.4, -0.2) is 5.11 Å². The number of rotatable bonds is 3. The molecule has 82 valence electrons. The number of allylic oxidation sites excluding steroid dienone is 1. The van der Waals surface area contributed by atoms with E-state index < -0.39 is 0 Å². The maximum atomic E-state index is 8.66. The van der Waals surface area contributed by atoms with Crippen LogP contribution in [0.3, 0.4) is 0 Å². The Balaban J connectivity index is 0.000000921. The molecule has 1 aromatic carbocycles. The van der Waals surface area contributed by atoms with Crippen LogP contribution in [0.5, 0.6) is 0 Å². The highest BCUT2D eigenvalue weighted by Gasteiger charge is 1.92. The van der Waals surface area contributed by atoms with Gasteiger partial charge in [0.2, 0.25) is 0 Å². The van der Waals surface area contributed by atoms with Gasteiger partial charge in [-0.25, -0.2) is 0 Å². The molecule has 1 heteroatoms. The average molecular weight is 204 g/mol. The van der Waals surface area contributed by atoms with Gasteiger partial charge in [-0.2, -0.15) is 0 Å². The predicted molar refractivity (Wildman–Crippen MR) is 68.8 cm³/mol. The second-order valence-electron chi connectivity index (χ2n) is 2.76. The fourth-order valence-corrected chi connectivity index (χ4v) is 1.14. The van der Waals surface area contributed by atoms with E-state index in [1.165, 1.54) is 0 Å². The minimum atomic E-state index is 1.02. The molecule has 0 aliphatic carbocycles. The van der Waals surface area contributed by atoms with Gasteiger partial charge in [0, 0.05) is 0 Å². The highest BCUT2D eigenvalue weighted by molar-refractivity contribution is 5.64. The van der Waals surface area contributed by atoms with E-state index in [9.17, 15) is 0 Å². The van der Waals surface area contributed by atoms with Gasteiger partial charge in [0.1, 0.15) is 0 Å². The van der Waals surface area contributed by atoms with E-state index in [0.29, 0.717) is 0 Å². The summed E-state index contributed by atoms with van der Waals surface area (Å²) in [5, 5.41) is 8.66. The Hall–Kier alpha value is -1.50. The van der Waals surface area contributed by atoms with Crippen molar-refractivity contribution in [1.82, 2.24) is 0 Å². The summed E-state index contributed by atoms with van der Waals surface area (Å²) in [7, 11) is 0. The molecule has 0 atom stereocenters. The lowest BCUT2D eigenvalue weighted by atomic mass is 10.1. The van der Waals surface area contributed by atoms with Crippen molar-refractivity contribution in [3.63, 3.8) is 0 Å². The summed E-state index contributed by atoms with van der Waals surface area (Å²) in [6.45, 7) is 6.10. The minimum Gasteiger partial charge on any atom is -0.516 e. The SMILES string of the molecule is CC.CC/C=C\c1ccccc1/C=C\O. The molecule has 0 unspecified atom stereocenters. The van der Waals surface area contributed by atoms with Gasteiger partial charge in [-0.05, 0) is 23.6 Å². The van der Waals surface area contributed by atoms with E-state index in [4.69, 9.17) is 5.11 Å². The normalized spacial score (nSPS) is 10.3. The molecule has 0 saturated heterocycles. The predicted octanol–water partition coefficient (Wildman–Crippen LogP) is 4.66. The standard InChI is InChI=1S/C12H14O.C2H6/c1-2-3-6-11-7-4-5-8-12(11)9-10-13;1-2/h3-10,13H,2H2,1H3;1-2H3/b6-3-,10-9-;. The van der Waals surface area contributed by atoms with E-state index in [0.717, 1.165) is 23.8 Å². The van der Waals surface area contributed by atoms with Crippen LogP contribution in [0.4, 0.5) is 0 Å². The van der Waals surface area contributed by atoms with Crippen LogP contribution in [0.1, 0.15) is 38.3 Å². The Bertz CT molecular complexity index is 311. The first-order chi connectivity index (χ1) is 7.38. The lowest BCUT2D eigenvalue weighted by Gasteiger charge is -1.98. The number of hydrogen-bond acceptors (Lipinski definition) is 1. The van der Waals surface area contributed by atoms with E-state index >= 15 is 0 Å². The average Bonchev–Trinajstić information content (AvgIpc) is 2.31. The first-order valence-corrected chi connectivity index (χ1v) is 5.44. The summed E-state index contributed by atoms with van der Waals surface area (Å²) >= 11 is 0. The van der Waals surface area contributed by atoms with Crippen LogP contribution in [0.15, 0.2) is 36.6 Å². The Labute approximate surface area is 92.8 Å². The molecule has 0 bridgehead atoms. The van der Waals surface area contributed by atoms with Crippen LogP contribution in [-0.2, 0) is 0 Å². The molecule has 15 heavy (non-hydrogen) atoms. The molecule has 1 N–H and O–H groups in total. The van der Waals surface area contributed by atoms with Crippen LogP contribution >= 0.6 is 0 Å². The van der Waals surface area contributed by atoms with Gasteiger partial charge in [0.05, 0.1) is 6.26 Å². The van der Waals surface area contributed by atoms with Crippen molar-refractivity contribution in [2.75, 3.05) is 0 Å². The molecule has 0 aromatic heterocycles. The van der Waals surface area contributed by atoms with E-state index in [-0.39, 0.29) is 0 Å². The first kappa shape index (κ1) is 13.5. The van der Waals surface area contributed by atoms with Crippen molar-refractivity contribution in [2.45, 2.75) is 27.2 Å². The Kier molecular flexibility index (Phi) is 8.16. The number of benzene rings is 1. The van der Waals surface area contributed by atoms with Gasteiger partial charge < -0.3 is 5.11 Å². The largest absolute Gasteiger partial charge is 0.516 e. The van der Waals surface area contributed by atoms with E-state index in [1.54, 1.807) is 6.08 Å². The Morgan fingerprint density at radius 1 is 1.07 bits per heavy atom. The van der Waals surface area contributed by atoms with Crippen molar-refractivity contribution in [2.24, 2.45) is 0 Å². The molecule has 0 fully saturated rings. The molecule has 0 aliphatic heterocycles. The number of hydrogen-bond donors (Lipinski definition) is 1.